The van der Waals surface area contributed by atoms with Crippen LogP contribution in [0.15, 0.2) is 121 Å². The molecule has 0 bridgehead atoms. The molecule has 0 saturated heterocycles. The summed E-state index contributed by atoms with van der Waals surface area (Å²) in [4.78, 5) is 12.8. The molecule has 0 fully saturated rings. The Bertz CT molecular complexity index is 1930. The molecule has 0 aromatic heterocycles. The highest BCUT2D eigenvalue weighted by molar-refractivity contribution is 7.94. The second-order valence-electron chi connectivity index (χ2n) is 9.38. The number of phenolic OH excluding ortho intramolecular Hbond substituents is 2. The first kappa shape index (κ1) is 33.3. The molecule has 5 aromatic carbocycles. The summed E-state index contributed by atoms with van der Waals surface area (Å²) in [6.45, 7) is 1.30. The van der Waals surface area contributed by atoms with Crippen molar-refractivity contribution in [2.75, 3.05) is 10.6 Å². The van der Waals surface area contributed by atoms with Crippen LogP contribution >= 0.6 is 24.1 Å². The molecule has 17 heteroatoms. The minimum atomic E-state index is -0.421. The van der Waals surface area contributed by atoms with Gasteiger partial charge < -0.3 is 20.8 Å². The van der Waals surface area contributed by atoms with Crippen molar-refractivity contribution in [3.63, 3.8) is 0 Å². The maximum absolute atomic E-state index is 12.0. The van der Waals surface area contributed by atoms with Crippen LogP contribution in [0.1, 0.15) is 6.92 Å². The Morgan fingerprint density at radius 2 is 1.47 bits per heavy atom. The highest BCUT2D eigenvalue weighted by atomic mass is 32.2. The Hall–Kier alpha value is -5.11. The minimum Gasteiger partial charge on any atom is -0.506 e. The molecule has 0 spiro atoms. The number of azo groups is 2. The molecule has 0 atom stereocenters. The van der Waals surface area contributed by atoms with Crippen molar-refractivity contribution < 1.29 is 44.3 Å². The van der Waals surface area contributed by atoms with E-state index < -0.39 is 5.91 Å². The predicted octanol–water partition coefficient (Wildman–Crippen LogP) is 9.64. The van der Waals surface area contributed by atoms with Gasteiger partial charge in [0.2, 0.25) is 5.91 Å². The number of aromatic hydroxyl groups is 2. The van der Waals surface area contributed by atoms with Crippen molar-refractivity contribution in [2.24, 2.45) is 20.5 Å². The number of anilines is 3. The molecular formula is C30H24N6O9S2. The lowest BCUT2D eigenvalue weighted by Gasteiger charge is -2.12. The van der Waals surface area contributed by atoms with E-state index in [1.165, 1.54) is 19.1 Å². The van der Waals surface area contributed by atoms with Crippen LogP contribution in [0.5, 0.6) is 11.5 Å². The van der Waals surface area contributed by atoms with Crippen LogP contribution in [-0.4, -0.2) is 26.6 Å². The Labute approximate surface area is 274 Å². The maximum atomic E-state index is 12.0. The molecule has 6 N–H and O–H groups in total. The molecule has 0 aliphatic heterocycles. The van der Waals surface area contributed by atoms with E-state index in [-0.39, 0.29) is 39.1 Å². The number of para-hydroxylation sites is 1. The molecule has 0 aliphatic carbocycles. The number of benzene rings is 5. The van der Waals surface area contributed by atoms with Crippen molar-refractivity contribution in [1.82, 2.24) is 0 Å². The Balaban J connectivity index is 1.46. The van der Waals surface area contributed by atoms with Gasteiger partial charge in [-0.1, -0.05) is 28.3 Å². The monoisotopic (exact) mass is 676 g/mol. The third-order valence-electron chi connectivity index (χ3n) is 6.20. The first-order valence-electron chi connectivity index (χ1n) is 13.3. The Kier molecular flexibility index (Phi) is 11.3. The zero-order valence-corrected chi connectivity index (χ0v) is 25.7. The summed E-state index contributed by atoms with van der Waals surface area (Å²) in [5.41, 5.74) is 2.22. The second-order valence-corrected chi connectivity index (χ2v) is 10.9. The fourth-order valence-electron chi connectivity index (χ4n) is 4.19. The summed E-state index contributed by atoms with van der Waals surface area (Å²) < 4.78 is 9.01. The summed E-state index contributed by atoms with van der Waals surface area (Å²) >= 11 is 1.35. The zero-order valence-electron chi connectivity index (χ0n) is 24.1. The van der Waals surface area contributed by atoms with Crippen LogP contribution in [0.2, 0.25) is 0 Å². The SMILES string of the molecule is CC(=O)Nc1cc(N=Nc2c(SOOO)cc3cc(Nc4ccccc4)ccc3c2O)c(O)cc1N=Nc1ccc(SOOO)cc1. The van der Waals surface area contributed by atoms with Crippen LogP contribution in [0.3, 0.4) is 0 Å². The van der Waals surface area contributed by atoms with E-state index in [1.54, 1.807) is 48.5 Å². The highest BCUT2D eigenvalue weighted by Crippen LogP contribution is 2.46. The Morgan fingerprint density at radius 3 is 2.19 bits per heavy atom. The lowest BCUT2D eigenvalue weighted by atomic mass is 10.1. The molecule has 0 unspecified atom stereocenters. The first-order valence-corrected chi connectivity index (χ1v) is 14.8. The van der Waals surface area contributed by atoms with Crippen LogP contribution < -0.4 is 10.6 Å². The highest BCUT2D eigenvalue weighted by Gasteiger charge is 2.17. The van der Waals surface area contributed by atoms with Gasteiger partial charge in [0, 0.05) is 34.6 Å². The van der Waals surface area contributed by atoms with Crippen molar-refractivity contribution in [3.8, 4) is 11.5 Å². The number of amides is 1. The van der Waals surface area contributed by atoms with Crippen LogP contribution in [0.25, 0.3) is 10.8 Å². The van der Waals surface area contributed by atoms with Gasteiger partial charge in [-0.25, -0.2) is 10.5 Å². The minimum absolute atomic E-state index is 0.0508. The smallest absolute Gasteiger partial charge is 0.221 e. The number of phenols is 2. The number of fused-ring (bicyclic) bond motifs is 1. The van der Waals surface area contributed by atoms with E-state index in [9.17, 15) is 15.0 Å². The summed E-state index contributed by atoms with van der Waals surface area (Å²) in [5, 5.41) is 69.8. The third-order valence-corrected chi connectivity index (χ3v) is 7.41. The summed E-state index contributed by atoms with van der Waals surface area (Å²) in [6, 6.07) is 25.5. The summed E-state index contributed by atoms with van der Waals surface area (Å²) in [5.74, 6) is -1.03. The average Bonchev–Trinajstić information content (AvgIpc) is 3.07. The molecule has 0 heterocycles. The molecule has 0 aliphatic rings. The zero-order chi connectivity index (χ0) is 33.2. The third kappa shape index (κ3) is 8.79. The maximum Gasteiger partial charge on any atom is 0.221 e. The van der Waals surface area contributed by atoms with Crippen molar-refractivity contribution in [3.05, 3.63) is 91.0 Å². The van der Waals surface area contributed by atoms with Crippen molar-refractivity contribution >= 4 is 80.6 Å². The van der Waals surface area contributed by atoms with Gasteiger partial charge in [-0.15, -0.1) is 24.0 Å². The molecule has 5 rings (SSSR count). The number of carbonyl (C=O) groups excluding carboxylic acids is 1. The van der Waals surface area contributed by atoms with Crippen LogP contribution in [0.4, 0.5) is 39.8 Å². The average molecular weight is 677 g/mol. The van der Waals surface area contributed by atoms with Gasteiger partial charge in [0.15, 0.2) is 5.75 Å². The fourth-order valence-corrected chi connectivity index (χ4v) is 5.04. The van der Waals surface area contributed by atoms with Gasteiger partial charge >= 0.3 is 0 Å². The molecule has 5 aromatic rings. The fraction of sp³-hybridized carbons (Fsp3) is 0.0333. The molecule has 0 saturated carbocycles. The van der Waals surface area contributed by atoms with Gasteiger partial charge in [0.1, 0.15) is 22.8 Å². The van der Waals surface area contributed by atoms with Gasteiger partial charge in [-0.3, -0.25) is 4.79 Å². The van der Waals surface area contributed by atoms with E-state index >= 15 is 0 Å². The van der Waals surface area contributed by atoms with Gasteiger partial charge in [0.05, 0.1) is 40.4 Å². The summed E-state index contributed by atoms with van der Waals surface area (Å²) in [6.07, 6.45) is 0. The van der Waals surface area contributed by atoms with Gasteiger partial charge in [-0.05, 0) is 72.1 Å². The van der Waals surface area contributed by atoms with Gasteiger partial charge in [0.25, 0.3) is 0 Å². The molecule has 240 valence electrons. The number of carbonyl (C=O) groups is 1. The van der Waals surface area contributed by atoms with E-state index in [0.29, 0.717) is 33.4 Å². The topological polar surface area (TPSA) is 208 Å². The van der Waals surface area contributed by atoms with Crippen molar-refractivity contribution in [1.29, 1.82) is 0 Å². The molecule has 1 amide bonds. The van der Waals surface area contributed by atoms with Crippen LogP contribution in [0, 0.1) is 0 Å². The second kappa shape index (κ2) is 15.9. The lowest BCUT2D eigenvalue weighted by molar-refractivity contribution is -0.432. The number of rotatable bonds is 13. The standard InChI is InChI=1S/C30H24N6O9S2/c1-17(37)31-24-15-26(27(38)16-25(24)34-33-20-7-10-22(11-8-20)46-44-42-40)35-36-29-28(47-45-43-41)14-18-13-21(9-12-23(18)30(29)39)32-19-5-3-2-4-6-19/h2-16,32,38-41H,1H3,(H,31,37). The summed E-state index contributed by atoms with van der Waals surface area (Å²) in [7, 11) is 0. The number of hydrogen-bond acceptors (Lipinski definition) is 16. The molecule has 15 nitrogen and oxygen atoms in total. The van der Waals surface area contributed by atoms with Crippen molar-refractivity contribution in [2.45, 2.75) is 16.7 Å². The lowest BCUT2D eigenvalue weighted by Crippen LogP contribution is -2.05. The molecule has 47 heavy (non-hydrogen) atoms. The number of nitrogens with one attached hydrogen (secondary N) is 2. The van der Waals surface area contributed by atoms with Gasteiger partial charge in [-0.2, -0.15) is 5.11 Å². The van der Waals surface area contributed by atoms with E-state index in [1.807, 2.05) is 30.3 Å². The number of hydrogen-bond donors (Lipinski definition) is 6. The first-order chi connectivity index (χ1) is 22.8. The van der Waals surface area contributed by atoms with Crippen LogP contribution in [-0.2, 0) is 23.5 Å². The Morgan fingerprint density at radius 1 is 0.745 bits per heavy atom. The normalized spacial score (nSPS) is 11.5. The van der Waals surface area contributed by atoms with E-state index in [0.717, 1.165) is 23.4 Å². The largest absolute Gasteiger partial charge is 0.506 e. The predicted molar refractivity (Wildman–Crippen MR) is 174 cm³/mol. The molecular weight excluding hydrogens is 652 g/mol. The van der Waals surface area contributed by atoms with E-state index in [2.05, 4.69) is 49.8 Å². The molecule has 0 radical (unpaired) electrons. The number of nitrogens with zero attached hydrogens (tertiary/aromatic N) is 4. The quantitative estimate of drug-likeness (QED) is 0.0226. The van der Waals surface area contributed by atoms with E-state index in [4.69, 9.17) is 10.5 Å².